The molecule has 0 bridgehead atoms. The summed E-state index contributed by atoms with van der Waals surface area (Å²) in [6, 6.07) is 7.61. The summed E-state index contributed by atoms with van der Waals surface area (Å²) >= 11 is 1.35. The second-order valence-corrected chi connectivity index (χ2v) is 8.60. The zero-order chi connectivity index (χ0) is 20.9. The van der Waals surface area contributed by atoms with Crippen molar-refractivity contribution >= 4 is 17.7 Å². The molecule has 0 radical (unpaired) electrons. The van der Waals surface area contributed by atoms with Crippen molar-refractivity contribution in [1.29, 1.82) is 0 Å². The van der Waals surface area contributed by atoms with Gasteiger partial charge in [-0.3, -0.25) is 9.36 Å². The number of amides is 1. The number of rotatable bonds is 8. The largest absolute Gasteiger partial charge is 0.497 e. The van der Waals surface area contributed by atoms with Gasteiger partial charge in [-0.1, -0.05) is 23.9 Å². The minimum Gasteiger partial charge on any atom is -0.497 e. The van der Waals surface area contributed by atoms with Gasteiger partial charge in [0.2, 0.25) is 5.91 Å². The second kappa shape index (κ2) is 9.66. The molecule has 0 spiro atoms. The normalized spacial score (nSPS) is 17.7. The minimum atomic E-state index is -0.231. The number of aromatic nitrogens is 2. The van der Waals surface area contributed by atoms with Gasteiger partial charge in [0.25, 0.3) is 0 Å². The Morgan fingerprint density at radius 2 is 2.27 bits per heavy atom. The number of methoxy groups -OCH3 is 1. The summed E-state index contributed by atoms with van der Waals surface area (Å²) < 4.78 is 12.7. The van der Waals surface area contributed by atoms with Crippen molar-refractivity contribution in [2.45, 2.75) is 56.3 Å². The molecule has 1 aliphatic heterocycles. The molecule has 2 aliphatic rings. The first-order valence-electron chi connectivity index (χ1n) is 10.4. The smallest absolute Gasteiger partial charge is 0.348 e. The summed E-state index contributed by atoms with van der Waals surface area (Å²) in [5.74, 6) is 0.915. The molecule has 2 heterocycles. The van der Waals surface area contributed by atoms with Crippen LogP contribution in [0.2, 0.25) is 0 Å². The Kier molecular flexibility index (Phi) is 6.74. The number of carbonyl (C=O) groups excluding carboxylic acids is 1. The Bertz CT molecular complexity index is 969. The van der Waals surface area contributed by atoms with E-state index in [1.807, 2.05) is 24.3 Å². The number of fused-ring (bicyclic) bond motifs is 1. The molecule has 1 aromatic heterocycles. The zero-order valence-corrected chi connectivity index (χ0v) is 18.0. The number of carbonyl (C=O) groups is 1. The molecule has 1 aliphatic carbocycles. The lowest BCUT2D eigenvalue weighted by molar-refractivity contribution is -0.118. The van der Waals surface area contributed by atoms with Gasteiger partial charge >= 0.3 is 5.69 Å². The minimum absolute atomic E-state index is 0.0834. The Morgan fingerprint density at radius 1 is 1.37 bits per heavy atom. The SMILES string of the molecule is COc1cccc(CNC(=O)CSc2nc(=O)n(C[C@@H]3CCCO3)c3c2CCC3)c1. The van der Waals surface area contributed by atoms with Crippen molar-refractivity contribution in [3.8, 4) is 5.75 Å². The van der Waals surface area contributed by atoms with Crippen LogP contribution in [-0.4, -0.2) is 41.0 Å². The van der Waals surface area contributed by atoms with E-state index in [2.05, 4.69) is 10.3 Å². The highest BCUT2D eigenvalue weighted by Gasteiger charge is 2.25. The average Bonchev–Trinajstić information content (AvgIpc) is 3.45. The summed E-state index contributed by atoms with van der Waals surface area (Å²) in [6.45, 7) is 1.79. The molecule has 4 rings (SSSR count). The molecule has 8 heteroatoms. The van der Waals surface area contributed by atoms with E-state index in [1.54, 1.807) is 11.7 Å². The van der Waals surface area contributed by atoms with E-state index in [4.69, 9.17) is 9.47 Å². The van der Waals surface area contributed by atoms with E-state index in [-0.39, 0.29) is 23.5 Å². The van der Waals surface area contributed by atoms with E-state index >= 15 is 0 Å². The first-order chi connectivity index (χ1) is 14.6. The van der Waals surface area contributed by atoms with E-state index < -0.39 is 0 Å². The molecule has 1 amide bonds. The van der Waals surface area contributed by atoms with E-state index in [9.17, 15) is 9.59 Å². The summed E-state index contributed by atoms with van der Waals surface area (Å²) in [7, 11) is 1.62. The van der Waals surface area contributed by atoms with Crippen LogP contribution >= 0.6 is 11.8 Å². The highest BCUT2D eigenvalue weighted by molar-refractivity contribution is 7.99. The van der Waals surface area contributed by atoms with Gasteiger partial charge in [-0.25, -0.2) is 4.79 Å². The van der Waals surface area contributed by atoms with Gasteiger partial charge in [0.05, 0.1) is 25.5 Å². The molecule has 2 aromatic rings. The van der Waals surface area contributed by atoms with Crippen molar-refractivity contribution in [3.63, 3.8) is 0 Å². The molecule has 1 aromatic carbocycles. The lowest BCUT2D eigenvalue weighted by Crippen LogP contribution is -2.32. The number of nitrogens with one attached hydrogen (secondary N) is 1. The lowest BCUT2D eigenvalue weighted by atomic mass is 10.2. The molecular formula is C22H27N3O4S. The van der Waals surface area contributed by atoms with Crippen molar-refractivity contribution in [2.24, 2.45) is 0 Å². The predicted molar refractivity (Wildman–Crippen MR) is 115 cm³/mol. The topological polar surface area (TPSA) is 82.5 Å². The maximum Gasteiger partial charge on any atom is 0.348 e. The number of thioether (sulfide) groups is 1. The molecule has 7 nitrogen and oxygen atoms in total. The standard InChI is InChI=1S/C22H27N3O4S/c1-28-16-6-2-5-15(11-16)12-23-20(26)14-30-21-18-8-3-9-19(18)25(22(27)24-21)13-17-7-4-10-29-17/h2,5-6,11,17H,3-4,7-10,12-14H2,1H3,(H,23,26)/t17-/m0/s1. The maximum absolute atomic E-state index is 12.7. The second-order valence-electron chi connectivity index (χ2n) is 7.64. The predicted octanol–water partition coefficient (Wildman–Crippen LogP) is 2.33. The van der Waals surface area contributed by atoms with Crippen LogP contribution < -0.4 is 15.7 Å². The van der Waals surface area contributed by atoms with Gasteiger partial charge in [0.1, 0.15) is 10.8 Å². The van der Waals surface area contributed by atoms with Crippen LogP contribution in [0.4, 0.5) is 0 Å². The maximum atomic E-state index is 12.7. The fraction of sp³-hybridized carbons (Fsp3) is 0.500. The lowest BCUT2D eigenvalue weighted by Gasteiger charge is -2.17. The van der Waals surface area contributed by atoms with Gasteiger partial charge < -0.3 is 14.8 Å². The van der Waals surface area contributed by atoms with Gasteiger partial charge in [0, 0.05) is 24.4 Å². The van der Waals surface area contributed by atoms with Gasteiger partial charge in [-0.05, 0) is 49.8 Å². The summed E-state index contributed by atoms with van der Waals surface area (Å²) in [5.41, 5.74) is 2.94. The Balaban J connectivity index is 1.38. The Hall–Kier alpha value is -2.32. The van der Waals surface area contributed by atoms with Crippen LogP contribution in [-0.2, 0) is 35.5 Å². The zero-order valence-electron chi connectivity index (χ0n) is 17.2. The van der Waals surface area contributed by atoms with Crippen LogP contribution in [0.5, 0.6) is 5.75 Å². The fourth-order valence-corrected chi connectivity index (χ4v) is 4.96. The third-order valence-corrected chi connectivity index (χ3v) is 6.59. The molecular weight excluding hydrogens is 402 g/mol. The average molecular weight is 430 g/mol. The van der Waals surface area contributed by atoms with E-state index in [0.717, 1.165) is 61.3 Å². The molecule has 1 atom stereocenters. The summed E-state index contributed by atoms with van der Waals surface area (Å²) in [6.07, 6.45) is 4.95. The highest BCUT2D eigenvalue weighted by atomic mass is 32.2. The third-order valence-electron chi connectivity index (χ3n) is 5.57. The van der Waals surface area contributed by atoms with Crippen LogP contribution in [0.3, 0.4) is 0 Å². The number of hydrogen-bond acceptors (Lipinski definition) is 6. The van der Waals surface area contributed by atoms with Crippen LogP contribution in [0.15, 0.2) is 34.1 Å². The van der Waals surface area contributed by atoms with E-state index in [1.165, 1.54) is 11.8 Å². The first-order valence-corrected chi connectivity index (χ1v) is 11.4. The van der Waals surface area contributed by atoms with Crippen LogP contribution in [0, 0.1) is 0 Å². The van der Waals surface area contributed by atoms with Crippen molar-refractivity contribution in [1.82, 2.24) is 14.9 Å². The molecule has 160 valence electrons. The molecule has 1 saturated heterocycles. The third kappa shape index (κ3) is 4.87. The molecule has 0 unspecified atom stereocenters. The number of ether oxygens (including phenoxy) is 2. The Labute approximate surface area is 180 Å². The molecule has 1 N–H and O–H groups in total. The van der Waals surface area contributed by atoms with Gasteiger partial charge in [0.15, 0.2) is 0 Å². The van der Waals surface area contributed by atoms with Crippen LogP contribution in [0.1, 0.15) is 36.1 Å². The van der Waals surface area contributed by atoms with Gasteiger partial charge in [-0.2, -0.15) is 4.98 Å². The monoisotopic (exact) mass is 429 g/mol. The van der Waals surface area contributed by atoms with Crippen molar-refractivity contribution in [2.75, 3.05) is 19.5 Å². The number of hydrogen-bond donors (Lipinski definition) is 1. The summed E-state index contributed by atoms with van der Waals surface area (Å²) in [4.78, 5) is 29.3. The number of benzene rings is 1. The first kappa shape index (κ1) is 20.9. The van der Waals surface area contributed by atoms with E-state index in [0.29, 0.717) is 18.1 Å². The van der Waals surface area contributed by atoms with Crippen molar-refractivity contribution in [3.05, 3.63) is 51.6 Å². The van der Waals surface area contributed by atoms with Crippen LogP contribution in [0.25, 0.3) is 0 Å². The van der Waals surface area contributed by atoms with Gasteiger partial charge in [-0.15, -0.1) is 0 Å². The summed E-state index contributed by atoms with van der Waals surface area (Å²) in [5, 5.41) is 3.62. The highest BCUT2D eigenvalue weighted by Crippen LogP contribution is 2.29. The number of nitrogens with zero attached hydrogens (tertiary/aromatic N) is 2. The fourth-order valence-electron chi connectivity index (χ4n) is 4.05. The molecule has 0 saturated carbocycles. The molecule has 30 heavy (non-hydrogen) atoms. The quantitative estimate of drug-likeness (QED) is 0.512. The molecule has 1 fully saturated rings. The van der Waals surface area contributed by atoms with Crippen molar-refractivity contribution < 1.29 is 14.3 Å². The Morgan fingerprint density at radius 3 is 3.07 bits per heavy atom.